The number of nitrogens with one attached hydrogen (secondary N) is 1. The van der Waals surface area contributed by atoms with Crippen LogP contribution in [0.15, 0.2) is 22.0 Å². The summed E-state index contributed by atoms with van der Waals surface area (Å²) in [6.45, 7) is 8.99. The zero-order valence-corrected chi connectivity index (χ0v) is 19.0. The Morgan fingerprint density at radius 1 is 1.13 bits per heavy atom. The molecule has 4 heterocycles. The molecule has 0 atom stereocenters. The number of fused-ring (bicyclic) bond motifs is 1. The highest BCUT2D eigenvalue weighted by Gasteiger charge is 2.29. The van der Waals surface area contributed by atoms with Gasteiger partial charge in [0.1, 0.15) is 16.2 Å². The van der Waals surface area contributed by atoms with Gasteiger partial charge in [0.05, 0.1) is 5.69 Å². The Hall–Kier alpha value is -2.63. The van der Waals surface area contributed by atoms with Gasteiger partial charge in [0.15, 0.2) is 5.52 Å². The van der Waals surface area contributed by atoms with Gasteiger partial charge in [-0.05, 0) is 26.0 Å². The van der Waals surface area contributed by atoms with Crippen molar-refractivity contribution in [2.45, 2.75) is 32.1 Å². The molecule has 0 bridgehead atoms. The molecular formula is C20H27N7O3S. The highest BCUT2D eigenvalue weighted by Crippen LogP contribution is 2.25. The van der Waals surface area contributed by atoms with Gasteiger partial charge in [0, 0.05) is 50.7 Å². The van der Waals surface area contributed by atoms with E-state index >= 15 is 0 Å². The Labute approximate surface area is 181 Å². The quantitative estimate of drug-likeness (QED) is 0.620. The smallest absolute Gasteiger partial charge is 0.279 e. The Bertz CT molecular complexity index is 1290. The Kier molecular flexibility index (Phi) is 5.67. The molecule has 0 spiro atoms. The van der Waals surface area contributed by atoms with Crippen LogP contribution in [0.5, 0.6) is 0 Å². The molecule has 31 heavy (non-hydrogen) atoms. The first-order chi connectivity index (χ1) is 14.8. The van der Waals surface area contributed by atoms with E-state index in [0.717, 1.165) is 12.2 Å². The maximum absolute atomic E-state index is 13.2. The number of aromatic amines is 1. The maximum atomic E-state index is 13.2. The van der Waals surface area contributed by atoms with Crippen molar-refractivity contribution in [2.24, 2.45) is 7.05 Å². The van der Waals surface area contributed by atoms with Crippen molar-refractivity contribution in [3.8, 4) is 11.4 Å². The topological polar surface area (TPSA) is 117 Å². The van der Waals surface area contributed by atoms with Gasteiger partial charge in [-0.1, -0.05) is 13.8 Å². The molecule has 10 nitrogen and oxygen atoms in total. The zero-order chi connectivity index (χ0) is 22.3. The van der Waals surface area contributed by atoms with Crippen LogP contribution in [0, 0.1) is 6.92 Å². The third kappa shape index (κ3) is 3.77. The third-order valence-electron chi connectivity index (χ3n) is 5.88. The van der Waals surface area contributed by atoms with Crippen molar-refractivity contribution in [3.05, 3.63) is 34.0 Å². The summed E-state index contributed by atoms with van der Waals surface area (Å²) in [5, 5.41) is 4.26. The lowest BCUT2D eigenvalue weighted by atomic mass is 10.2. The van der Waals surface area contributed by atoms with Crippen molar-refractivity contribution in [3.63, 3.8) is 0 Å². The molecule has 4 rings (SSSR count). The number of hydrogen-bond acceptors (Lipinski definition) is 7. The van der Waals surface area contributed by atoms with E-state index in [-0.39, 0.29) is 21.8 Å². The second-order valence-corrected chi connectivity index (χ2v) is 9.62. The average Bonchev–Trinajstić information content (AvgIpc) is 3.09. The summed E-state index contributed by atoms with van der Waals surface area (Å²) >= 11 is 0. The van der Waals surface area contributed by atoms with E-state index in [4.69, 9.17) is 0 Å². The van der Waals surface area contributed by atoms with Gasteiger partial charge >= 0.3 is 0 Å². The fourth-order valence-corrected chi connectivity index (χ4v) is 5.37. The number of aryl methyl sites for hydroxylation is 3. The molecule has 0 aliphatic carbocycles. The fraction of sp³-hybridized carbons (Fsp3) is 0.500. The normalized spacial score (nSPS) is 16.3. The van der Waals surface area contributed by atoms with Crippen LogP contribution in [0.4, 0.5) is 0 Å². The van der Waals surface area contributed by atoms with E-state index in [1.807, 2.05) is 6.92 Å². The van der Waals surface area contributed by atoms with Crippen LogP contribution in [0.3, 0.4) is 0 Å². The number of sulfonamides is 1. The largest absolute Gasteiger partial charge is 0.305 e. The standard InChI is InChI=1S/C20H27N7O3S/c1-5-16-17-18(24-25(16)4)20(28)23-19(22-17)15-11-14(12-21-13(15)3)31(29,30)27-9-7-26(6-2)8-10-27/h11-12H,5-10H2,1-4H3,(H,22,23,28). The lowest BCUT2D eigenvalue weighted by molar-refractivity contribution is 0.196. The molecule has 1 aliphatic rings. The molecule has 3 aromatic heterocycles. The van der Waals surface area contributed by atoms with Crippen LogP contribution in [-0.4, -0.2) is 75.1 Å². The van der Waals surface area contributed by atoms with Gasteiger partial charge in [0.2, 0.25) is 10.0 Å². The van der Waals surface area contributed by atoms with Crippen LogP contribution in [0.2, 0.25) is 0 Å². The minimum absolute atomic E-state index is 0.0997. The molecule has 11 heteroatoms. The fourth-order valence-electron chi connectivity index (χ4n) is 3.98. The predicted molar refractivity (Wildman–Crippen MR) is 117 cm³/mol. The first kappa shape index (κ1) is 21.6. The second kappa shape index (κ2) is 8.13. The lowest BCUT2D eigenvalue weighted by Gasteiger charge is -2.33. The average molecular weight is 446 g/mol. The molecule has 3 aromatic rings. The zero-order valence-electron chi connectivity index (χ0n) is 18.2. The lowest BCUT2D eigenvalue weighted by Crippen LogP contribution is -2.48. The van der Waals surface area contributed by atoms with Crippen molar-refractivity contribution in [1.82, 2.24) is 33.9 Å². The van der Waals surface area contributed by atoms with Gasteiger partial charge in [-0.15, -0.1) is 0 Å². The first-order valence-corrected chi connectivity index (χ1v) is 11.9. The summed E-state index contributed by atoms with van der Waals surface area (Å²) in [4.78, 5) is 26.6. The number of aromatic nitrogens is 5. The maximum Gasteiger partial charge on any atom is 0.279 e. The van der Waals surface area contributed by atoms with E-state index in [1.54, 1.807) is 24.7 Å². The van der Waals surface area contributed by atoms with E-state index in [9.17, 15) is 13.2 Å². The van der Waals surface area contributed by atoms with Crippen molar-refractivity contribution in [2.75, 3.05) is 32.7 Å². The molecular weight excluding hydrogens is 418 g/mol. The van der Waals surface area contributed by atoms with Crippen molar-refractivity contribution < 1.29 is 8.42 Å². The Morgan fingerprint density at radius 2 is 1.84 bits per heavy atom. The van der Waals surface area contributed by atoms with Crippen LogP contribution in [0.1, 0.15) is 25.2 Å². The van der Waals surface area contributed by atoms with Crippen LogP contribution < -0.4 is 5.56 Å². The Morgan fingerprint density at radius 3 is 2.48 bits per heavy atom. The summed E-state index contributed by atoms with van der Waals surface area (Å²) in [6, 6.07) is 1.55. The van der Waals surface area contributed by atoms with E-state index in [1.165, 1.54) is 10.5 Å². The minimum Gasteiger partial charge on any atom is -0.305 e. The van der Waals surface area contributed by atoms with Crippen LogP contribution in [-0.2, 0) is 23.5 Å². The monoisotopic (exact) mass is 445 g/mol. The molecule has 1 aliphatic heterocycles. The summed E-state index contributed by atoms with van der Waals surface area (Å²) in [7, 11) is -1.92. The minimum atomic E-state index is -3.69. The number of nitrogens with zero attached hydrogens (tertiary/aromatic N) is 6. The summed E-state index contributed by atoms with van der Waals surface area (Å²) in [5.41, 5.74) is 2.33. The molecule has 0 saturated carbocycles. The summed E-state index contributed by atoms with van der Waals surface area (Å²) < 4.78 is 29.6. The highest BCUT2D eigenvalue weighted by atomic mass is 32.2. The van der Waals surface area contributed by atoms with Gasteiger partial charge in [0.25, 0.3) is 5.56 Å². The predicted octanol–water partition coefficient (Wildman–Crippen LogP) is 0.916. The SMILES string of the molecule is CCc1c2nc(-c3cc(S(=O)(=O)N4CCN(CC)CC4)cnc3C)[nH]c(=O)c2nn1C. The molecule has 1 fully saturated rings. The molecule has 1 N–H and O–H groups in total. The number of rotatable bonds is 5. The number of H-pyrrole nitrogens is 1. The molecule has 1 saturated heterocycles. The van der Waals surface area contributed by atoms with Gasteiger partial charge < -0.3 is 9.88 Å². The van der Waals surface area contributed by atoms with Gasteiger partial charge in [-0.3, -0.25) is 14.5 Å². The molecule has 0 amide bonds. The first-order valence-electron chi connectivity index (χ1n) is 10.4. The second-order valence-electron chi connectivity index (χ2n) is 7.68. The number of piperazine rings is 1. The van der Waals surface area contributed by atoms with E-state index < -0.39 is 10.0 Å². The van der Waals surface area contributed by atoms with Crippen molar-refractivity contribution in [1.29, 1.82) is 0 Å². The highest BCUT2D eigenvalue weighted by molar-refractivity contribution is 7.89. The van der Waals surface area contributed by atoms with Gasteiger partial charge in [-0.2, -0.15) is 9.40 Å². The summed E-state index contributed by atoms with van der Waals surface area (Å²) in [6.07, 6.45) is 2.04. The van der Waals surface area contributed by atoms with Gasteiger partial charge in [-0.25, -0.2) is 13.4 Å². The van der Waals surface area contributed by atoms with Crippen LogP contribution >= 0.6 is 0 Å². The van der Waals surface area contributed by atoms with E-state index in [0.29, 0.717) is 49.4 Å². The molecule has 0 aromatic carbocycles. The molecule has 166 valence electrons. The molecule has 0 unspecified atom stereocenters. The Balaban J connectivity index is 1.78. The van der Waals surface area contributed by atoms with E-state index in [2.05, 4.69) is 31.9 Å². The third-order valence-corrected chi connectivity index (χ3v) is 7.74. The number of likely N-dealkylation sites (N-methyl/N-ethyl adjacent to an activating group) is 1. The molecule has 0 radical (unpaired) electrons. The number of hydrogen-bond donors (Lipinski definition) is 1. The summed E-state index contributed by atoms with van der Waals surface area (Å²) in [5.74, 6) is 0.290. The van der Waals surface area contributed by atoms with Crippen molar-refractivity contribution >= 4 is 21.1 Å². The van der Waals surface area contributed by atoms with Crippen LogP contribution in [0.25, 0.3) is 22.4 Å². The number of pyridine rings is 1.